The lowest BCUT2D eigenvalue weighted by atomic mass is 10.1. The maximum Gasteiger partial charge on any atom is 0.317 e. The first-order valence-electron chi connectivity index (χ1n) is 7.03. The molecule has 3 heteroatoms. The van der Waals surface area contributed by atoms with Crippen LogP contribution in [0.1, 0.15) is 25.8 Å². The molecule has 0 aromatic heterocycles. The standard InChI is InChI=1S/C17H21NO2/c1-3-13(2)18(12-17(19)20)11-14-8-9-15-6-4-5-7-16(15)10-14/h4-10,13H,3,11-12H2,1-2H3,(H,19,20). The monoisotopic (exact) mass is 271 g/mol. The molecule has 3 nitrogen and oxygen atoms in total. The summed E-state index contributed by atoms with van der Waals surface area (Å²) in [6.45, 7) is 4.91. The first kappa shape index (κ1) is 14.5. The molecule has 0 saturated carbocycles. The average molecular weight is 271 g/mol. The van der Waals surface area contributed by atoms with Crippen molar-refractivity contribution in [2.45, 2.75) is 32.9 Å². The predicted molar refractivity (Wildman–Crippen MR) is 81.7 cm³/mol. The number of aliphatic carboxylic acids is 1. The van der Waals surface area contributed by atoms with Gasteiger partial charge in [0.05, 0.1) is 6.54 Å². The Balaban J connectivity index is 2.21. The van der Waals surface area contributed by atoms with Crippen molar-refractivity contribution in [3.8, 4) is 0 Å². The minimum atomic E-state index is -0.772. The second-order valence-electron chi connectivity index (χ2n) is 5.24. The summed E-state index contributed by atoms with van der Waals surface area (Å²) in [5.74, 6) is -0.772. The zero-order valence-electron chi connectivity index (χ0n) is 12.0. The highest BCUT2D eigenvalue weighted by atomic mass is 16.4. The molecule has 2 aromatic rings. The highest BCUT2D eigenvalue weighted by molar-refractivity contribution is 5.83. The fourth-order valence-corrected chi connectivity index (χ4v) is 2.37. The summed E-state index contributed by atoms with van der Waals surface area (Å²) < 4.78 is 0. The number of hydrogen-bond donors (Lipinski definition) is 1. The molecule has 20 heavy (non-hydrogen) atoms. The quantitative estimate of drug-likeness (QED) is 0.873. The molecule has 1 unspecified atom stereocenters. The van der Waals surface area contributed by atoms with E-state index >= 15 is 0 Å². The van der Waals surface area contributed by atoms with Crippen molar-refractivity contribution < 1.29 is 9.90 Å². The third-order valence-electron chi connectivity index (χ3n) is 3.75. The molecule has 0 radical (unpaired) electrons. The summed E-state index contributed by atoms with van der Waals surface area (Å²) in [5, 5.41) is 11.4. The van der Waals surface area contributed by atoms with Gasteiger partial charge in [-0.3, -0.25) is 9.69 Å². The van der Waals surface area contributed by atoms with Crippen LogP contribution in [0, 0.1) is 0 Å². The van der Waals surface area contributed by atoms with Crippen molar-refractivity contribution in [3.63, 3.8) is 0 Å². The normalized spacial score (nSPS) is 12.8. The SMILES string of the molecule is CCC(C)N(CC(=O)O)Cc1ccc2ccccc2c1. The Morgan fingerprint density at radius 2 is 1.90 bits per heavy atom. The fraction of sp³-hybridized carbons (Fsp3) is 0.353. The van der Waals surface area contributed by atoms with Gasteiger partial charge in [0.15, 0.2) is 0 Å². The maximum absolute atomic E-state index is 11.0. The Morgan fingerprint density at radius 1 is 1.20 bits per heavy atom. The summed E-state index contributed by atoms with van der Waals surface area (Å²) in [5.41, 5.74) is 1.16. The van der Waals surface area contributed by atoms with Crippen molar-refractivity contribution in [2.24, 2.45) is 0 Å². The zero-order valence-corrected chi connectivity index (χ0v) is 12.0. The van der Waals surface area contributed by atoms with Gasteiger partial charge in [0.2, 0.25) is 0 Å². The molecule has 0 fully saturated rings. The van der Waals surface area contributed by atoms with Crippen molar-refractivity contribution in [2.75, 3.05) is 6.54 Å². The molecule has 2 aromatic carbocycles. The second kappa shape index (κ2) is 6.53. The van der Waals surface area contributed by atoms with Crippen LogP contribution >= 0.6 is 0 Å². The molecule has 0 spiro atoms. The molecule has 0 heterocycles. The van der Waals surface area contributed by atoms with E-state index < -0.39 is 5.97 Å². The van der Waals surface area contributed by atoms with Crippen LogP contribution in [0.3, 0.4) is 0 Å². The largest absolute Gasteiger partial charge is 0.480 e. The van der Waals surface area contributed by atoms with E-state index in [1.807, 2.05) is 17.0 Å². The van der Waals surface area contributed by atoms with Crippen LogP contribution in [0.2, 0.25) is 0 Å². The van der Waals surface area contributed by atoms with Gasteiger partial charge in [0.1, 0.15) is 0 Å². The van der Waals surface area contributed by atoms with Crippen molar-refractivity contribution in [1.82, 2.24) is 4.90 Å². The van der Waals surface area contributed by atoms with Crippen LogP contribution in [0.4, 0.5) is 0 Å². The van der Waals surface area contributed by atoms with Crippen LogP contribution in [0.15, 0.2) is 42.5 Å². The third-order valence-corrected chi connectivity index (χ3v) is 3.75. The molecule has 0 bridgehead atoms. The van der Waals surface area contributed by atoms with Gasteiger partial charge in [-0.25, -0.2) is 0 Å². The molecule has 0 aliphatic heterocycles. The van der Waals surface area contributed by atoms with Crippen LogP contribution in [-0.2, 0) is 11.3 Å². The van der Waals surface area contributed by atoms with E-state index in [1.165, 1.54) is 10.8 Å². The highest BCUT2D eigenvalue weighted by Gasteiger charge is 2.15. The Morgan fingerprint density at radius 3 is 2.55 bits per heavy atom. The van der Waals surface area contributed by atoms with Crippen LogP contribution in [-0.4, -0.2) is 28.6 Å². The number of carbonyl (C=O) groups is 1. The zero-order chi connectivity index (χ0) is 14.5. The number of fused-ring (bicyclic) bond motifs is 1. The Kier molecular flexibility index (Phi) is 4.74. The van der Waals surface area contributed by atoms with Crippen LogP contribution < -0.4 is 0 Å². The van der Waals surface area contributed by atoms with Gasteiger partial charge >= 0.3 is 5.97 Å². The second-order valence-corrected chi connectivity index (χ2v) is 5.24. The van der Waals surface area contributed by atoms with E-state index in [-0.39, 0.29) is 12.6 Å². The summed E-state index contributed by atoms with van der Waals surface area (Å²) in [6.07, 6.45) is 0.945. The van der Waals surface area contributed by atoms with E-state index in [9.17, 15) is 4.79 Å². The summed E-state index contributed by atoms with van der Waals surface area (Å²) in [7, 11) is 0. The van der Waals surface area contributed by atoms with Crippen LogP contribution in [0.25, 0.3) is 10.8 Å². The number of carboxylic acid groups (broad SMARTS) is 1. The minimum absolute atomic E-state index is 0.0852. The number of hydrogen-bond acceptors (Lipinski definition) is 2. The average Bonchev–Trinajstić information content (AvgIpc) is 2.45. The van der Waals surface area contributed by atoms with Crippen molar-refractivity contribution in [3.05, 3.63) is 48.0 Å². The molecular weight excluding hydrogens is 250 g/mol. The van der Waals surface area contributed by atoms with Gasteiger partial charge in [-0.05, 0) is 35.7 Å². The van der Waals surface area contributed by atoms with Gasteiger partial charge in [-0.2, -0.15) is 0 Å². The molecule has 1 atom stereocenters. The first-order valence-corrected chi connectivity index (χ1v) is 7.03. The Labute approximate surface area is 119 Å². The molecule has 0 saturated heterocycles. The van der Waals surface area contributed by atoms with E-state index in [2.05, 4.69) is 44.2 Å². The lowest BCUT2D eigenvalue weighted by Gasteiger charge is -2.26. The van der Waals surface area contributed by atoms with Gasteiger partial charge in [-0.15, -0.1) is 0 Å². The molecule has 106 valence electrons. The molecule has 2 rings (SSSR count). The lowest BCUT2D eigenvalue weighted by Crippen LogP contribution is -2.36. The first-order chi connectivity index (χ1) is 9.60. The van der Waals surface area contributed by atoms with E-state index in [0.717, 1.165) is 12.0 Å². The van der Waals surface area contributed by atoms with E-state index in [4.69, 9.17) is 5.11 Å². The predicted octanol–water partition coefficient (Wildman–Crippen LogP) is 3.52. The summed E-state index contributed by atoms with van der Waals surface area (Å²) >= 11 is 0. The number of benzene rings is 2. The van der Waals surface area contributed by atoms with Crippen molar-refractivity contribution in [1.29, 1.82) is 0 Å². The molecule has 0 aliphatic rings. The van der Waals surface area contributed by atoms with Crippen molar-refractivity contribution >= 4 is 16.7 Å². The number of carboxylic acids is 1. The summed E-state index contributed by atoms with van der Waals surface area (Å²) in [6, 6.07) is 14.8. The minimum Gasteiger partial charge on any atom is -0.480 e. The lowest BCUT2D eigenvalue weighted by molar-refractivity contribution is -0.139. The third kappa shape index (κ3) is 3.58. The Bertz CT molecular complexity index is 594. The topological polar surface area (TPSA) is 40.5 Å². The van der Waals surface area contributed by atoms with Gasteiger partial charge in [0.25, 0.3) is 0 Å². The number of nitrogens with zero attached hydrogens (tertiary/aromatic N) is 1. The molecular formula is C17H21NO2. The molecule has 1 N–H and O–H groups in total. The molecule has 0 aliphatic carbocycles. The van der Waals surface area contributed by atoms with Gasteiger partial charge in [0, 0.05) is 12.6 Å². The Hall–Kier alpha value is -1.87. The maximum atomic E-state index is 11.0. The van der Waals surface area contributed by atoms with Gasteiger partial charge < -0.3 is 5.11 Å². The molecule has 0 amide bonds. The fourth-order valence-electron chi connectivity index (χ4n) is 2.37. The summed E-state index contributed by atoms with van der Waals surface area (Å²) in [4.78, 5) is 13.0. The van der Waals surface area contributed by atoms with E-state index in [0.29, 0.717) is 6.54 Å². The number of rotatable bonds is 6. The smallest absolute Gasteiger partial charge is 0.317 e. The van der Waals surface area contributed by atoms with Crippen LogP contribution in [0.5, 0.6) is 0 Å². The highest BCUT2D eigenvalue weighted by Crippen LogP contribution is 2.18. The van der Waals surface area contributed by atoms with E-state index in [1.54, 1.807) is 0 Å². The van der Waals surface area contributed by atoms with Gasteiger partial charge in [-0.1, -0.05) is 43.3 Å².